The largest absolute Gasteiger partial charge is 0.454 e. The number of nitrogens with one attached hydrogen (secondary N) is 1. The van der Waals surface area contributed by atoms with E-state index >= 15 is 0 Å². The predicted molar refractivity (Wildman–Crippen MR) is 62.5 cm³/mol. The Morgan fingerprint density at radius 1 is 1.38 bits per heavy atom. The van der Waals surface area contributed by atoms with E-state index < -0.39 is 0 Å². The predicted octanol–water partition coefficient (Wildman–Crippen LogP) is 2.16. The van der Waals surface area contributed by atoms with Crippen molar-refractivity contribution in [3.05, 3.63) is 42.2 Å². The topological polar surface area (TPSA) is 39.1 Å². The Bertz CT molecular complexity index is 465. The number of hydrogen-bond donors (Lipinski definition) is 1. The van der Waals surface area contributed by atoms with Gasteiger partial charge in [-0.05, 0) is 25.6 Å². The lowest BCUT2D eigenvalue weighted by Crippen LogP contribution is -2.12. The van der Waals surface area contributed by atoms with Crippen LogP contribution in [0.15, 0.2) is 36.7 Å². The Balaban J connectivity index is 2.11. The van der Waals surface area contributed by atoms with Gasteiger partial charge in [-0.2, -0.15) is 5.10 Å². The smallest absolute Gasteiger partial charge is 0.165 e. The maximum atomic E-state index is 5.73. The van der Waals surface area contributed by atoms with Gasteiger partial charge in [-0.25, -0.2) is 0 Å². The van der Waals surface area contributed by atoms with Crippen LogP contribution in [0.25, 0.3) is 0 Å². The van der Waals surface area contributed by atoms with Crippen LogP contribution in [-0.2, 0) is 6.67 Å². The first-order valence-corrected chi connectivity index (χ1v) is 5.20. The first kappa shape index (κ1) is 10.7. The van der Waals surface area contributed by atoms with Crippen molar-refractivity contribution in [1.29, 1.82) is 0 Å². The molecule has 0 saturated carbocycles. The lowest BCUT2D eigenvalue weighted by atomic mass is 10.2. The van der Waals surface area contributed by atoms with Gasteiger partial charge < -0.3 is 10.1 Å². The minimum absolute atomic E-state index is 0.678. The van der Waals surface area contributed by atoms with E-state index in [0.717, 1.165) is 17.1 Å². The van der Waals surface area contributed by atoms with Crippen molar-refractivity contribution >= 4 is 0 Å². The molecule has 0 bridgehead atoms. The van der Waals surface area contributed by atoms with Gasteiger partial charge in [0.05, 0.1) is 19.1 Å². The molecule has 1 N–H and O–H groups in total. The van der Waals surface area contributed by atoms with E-state index in [9.17, 15) is 0 Å². The summed E-state index contributed by atoms with van der Waals surface area (Å²) in [6.07, 6.45) is 3.58. The summed E-state index contributed by atoms with van der Waals surface area (Å²) >= 11 is 0. The second-order valence-electron chi connectivity index (χ2n) is 3.59. The molecule has 0 saturated heterocycles. The van der Waals surface area contributed by atoms with E-state index in [1.807, 2.05) is 44.4 Å². The molecule has 2 aromatic rings. The van der Waals surface area contributed by atoms with Gasteiger partial charge in [0.15, 0.2) is 5.75 Å². The number of nitrogens with zero attached hydrogens (tertiary/aromatic N) is 2. The van der Waals surface area contributed by atoms with Crippen LogP contribution in [0.3, 0.4) is 0 Å². The molecule has 0 aliphatic rings. The summed E-state index contributed by atoms with van der Waals surface area (Å²) in [5.74, 6) is 1.62. The molecular formula is C12H15N3O. The third-order valence-electron chi connectivity index (χ3n) is 2.25. The quantitative estimate of drug-likeness (QED) is 0.853. The Morgan fingerprint density at radius 2 is 2.19 bits per heavy atom. The summed E-state index contributed by atoms with van der Waals surface area (Å²) in [5, 5.41) is 7.18. The van der Waals surface area contributed by atoms with E-state index in [1.54, 1.807) is 10.9 Å². The zero-order valence-electron chi connectivity index (χ0n) is 9.47. The zero-order valence-corrected chi connectivity index (χ0v) is 9.47. The van der Waals surface area contributed by atoms with Gasteiger partial charge in [0.1, 0.15) is 5.75 Å². The maximum Gasteiger partial charge on any atom is 0.165 e. The van der Waals surface area contributed by atoms with Crippen molar-refractivity contribution in [2.24, 2.45) is 0 Å². The molecule has 2 rings (SSSR count). The van der Waals surface area contributed by atoms with Crippen molar-refractivity contribution < 1.29 is 4.74 Å². The van der Waals surface area contributed by atoms with Crippen LogP contribution in [0, 0.1) is 6.92 Å². The Hall–Kier alpha value is -1.81. The molecule has 0 spiro atoms. The van der Waals surface area contributed by atoms with Gasteiger partial charge in [0, 0.05) is 0 Å². The highest BCUT2D eigenvalue weighted by atomic mass is 16.5. The van der Waals surface area contributed by atoms with Crippen molar-refractivity contribution in [3.8, 4) is 11.5 Å². The fourth-order valence-electron chi connectivity index (χ4n) is 1.44. The van der Waals surface area contributed by atoms with Crippen molar-refractivity contribution in [1.82, 2.24) is 15.1 Å². The Kier molecular flexibility index (Phi) is 3.22. The lowest BCUT2D eigenvalue weighted by molar-refractivity contribution is 0.475. The van der Waals surface area contributed by atoms with Crippen LogP contribution in [0.1, 0.15) is 5.56 Å². The van der Waals surface area contributed by atoms with Crippen LogP contribution >= 0.6 is 0 Å². The van der Waals surface area contributed by atoms with E-state index in [0.29, 0.717) is 6.67 Å². The van der Waals surface area contributed by atoms with Crippen LogP contribution in [0.2, 0.25) is 0 Å². The summed E-state index contributed by atoms with van der Waals surface area (Å²) in [4.78, 5) is 0. The van der Waals surface area contributed by atoms with Crippen molar-refractivity contribution in [2.75, 3.05) is 7.05 Å². The maximum absolute atomic E-state index is 5.73. The van der Waals surface area contributed by atoms with Crippen LogP contribution in [-0.4, -0.2) is 16.8 Å². The third kappa shape index (κ3) is 2.41. The average molecular weight is 217 g/mol. The second kappa shape index (κ2) is 4.81. The number of para-hydroxylation sites is 1. The average Bonchev–Trinajstić information content (AvgIpc) is 2.70. The number of aromatic nitrogens is 2. The molecular weight excluding hydrogens is 202 g/mol. The number of hydrogen-bond acceptors (Lipinski definition) is 3. The molecule has 0 unspecified atom stereocenters. The number of rotatable bonds is 4. The summed E-state index contributed by atoms with van der Waals surface area (Å²) < 4.78 is 7.51. The number of ether oxygens (including phenoxy) is 1. The van der Waals surface area contributed by atoms with Crippen LogP contribution in [0.4, 0.5) is 0 Å². The number of aryl methyl sites for hydroxylation is 1. The summed E-state index contributed by atoms with van der Waals surface area (Å²) in [6.45, 7) is 2.70. The molecule has 84 valence electrons. The van der Waals surface area contributed by atoms with Crippen LogP contribution < -0.4 is 10.1 Å². The summed E-state index contributed by atoms with van der Waals surface area (Å²) in [7, 11) is 1.88. The van der Waals surface area contributed by atoms with E-state index in [2.05, 4.69) is 10.4 Å². The van der Waals surface area contributed by atoms with Gasteiger partial charge in [-0.1, -0.05) is 18.2 Å². The monoisotopic (exact) mass is 217 g/mol. The molecule has 1 aromatic heterocycles. The first-order valence-electron chi connectivity index (χ1n) is 5.20. The normalized spacial score (nSPS) is 10.4. The molecule has 1 aromatic carbocycles. The van der Waals surface area contributed by atoms with E-state index in [-0.39, 0.29) is 0 Å². The Labute approximate surface area is 94.9 Å². The van der Waals surface area contributed by atoms with E-state index in [1.165, 1.54) is 0 Å². The molecule has 4 heteroatoms. The number of benzene rings is 1. The first-order chi connectivity index (χ1) is 7.79. The lowest BCUT2D eigenvalue weighted by Gasteiger charge is -2.05. The van der Waals surface area contributed by atoms with Crippen LogP contribution in [0.5, 0.6) is 11.5 Å². The fraction of sp³-hybridized carbons (Fsp3) is 0.250. The molecule has 0 amide bonds. The molecule has 0 aliphatic heterocycles. The van der Waals surface area contributed by atoms with E-state index in [4.69, 9.17) is 4.74 Å². The highest BCUT2D eigenvalue weighted by molar-refractivity contribution is 5.35. The molecule has 0 fully saturated rings. The molecule has 1 heterocycles. The standard InChI is InChI=1S/C12H15N3O/c1-10-5-3-4-6-12(10)16-11-7-14-15(8-11)9-13-2/h3-8,13H,9H2,1-2H3. The Morgan fingerprint density at radius 3 is 2.94 bits per heavy atom. The van der Waals surface area contributed by atoms with Crippen molar-refractivity contribution in [2.45, 2.75) is 13.6 Å². The summed E-state index contributed by atoms with van der Waals surface area (Å²) in [6, 6.07) is 7.92. The third-order valence-corrected chi connectivity index (χ3v) is 2.25. The highest BCUT2D eigenvalue weighted by Crippen LogP contribution is 2.23. The SMILES string of the molecule is CNCn1cc(Oc2ccccc2C)cn1. The molecule has 0 aliphatic carbocycles. The minimum Gasteiger partial charge on any atom is -0.454 e. The molecule has 0 atom stereocenters. The zero-order chi connectivity index (χ0) is 11.4. The van der Waals surface area contributed by atoms with Crippen molar-refractivity contribution in [3.63, 3.8) is 0 Å². The molecule has 16 heavy (non-hydrogen) atoms. The van der Waals surface area contributed by atoms with Gasteiger partial charge in [0.25, 0.3) is 0 Å². The van der Waals surface area contributed by atoms with Gasteiger partial charge in [-0.15, -0.1) is 0 Å². The van der Waals surface area contributed by atoms with Gasteiger partial charge >= 0.3 is 0 Å². The summed E-state index contributed by atoms with van der Waals surface area (Å²) in [5.41, 5.74) is 1.11. The van der Waals surface area contributed by atoms with Gasteiger partial charge in [-0.3, -0.25) is 4.68 Å². The van der Waals surface area contributed by atoms with Gasteiger partial charge in [0.2, 0.25) is 0 Å². The fourth-order valence-corrected chi connectivity index (χ4v) is 1.44. The molecule has 4 nitrogen and oxygen atoms in total. The molecule has 0 radical (unpaired) electrons. The second-order valence-corrected chi connectivity index (χ2v) is 3.59. The minimum atomic E-state index is 0.678. The highest BCUT2D eigenvalue weighted by Gasteiger charge is 2.02.